The Bertz CT molecular complexity index is 218. The summed E-state index contributed by atoms with van der Waals surface area (Å²) in [5.74, 6) is -0.387. The molecular formula is C11H21NO3. The molecule has 88 valence electrons. The molecule has 3 N–H and O–H groups in total. The van der Waals surface area contributed by atoms with Crippen LogP contribution in [0.5, 0.6) is 0 Å². The SMILES string of the molecule is CC(C)(C)OC(=O)/C=C/C[C@H](O)CCN. The van der Waals surface area contributed by atoms with Gasteiger partial charge >= 0.3 is 5.97 Å². The molecule has 0 heterocycles. The summed E-state index contributed by atoms with van der Waals surface area (Å²) in [6.45, 7) is 5.87. The topological polar surface area (TPSA) is 72.5 Å². The highest BCUT2D eigenvalue weighted by Crippen LogP contribution is 2.07. The van der Waals surface area contributed by atoms with E-state index in [1.807, 2.05) is 20.8 Å². The minimum atomic E-state index is -0.478. The summed E-state index contributed by atoms with van der Waals surface area (Å²) in [7, 11) is 0. The van der Waals surface area contributed by atoms with E-state index in [-0.39, 0.29) is 5.97 Å². The zero-order chi connectivity index (χ0) is 11.9. The van der Waals surface area contributed by atoms with E-state index < -0.39 is 11.7 Å². The van der Waals surface area contributed by atoms with Crippen molar-refractivity contribution in [2.75, 3.05) is 6.54 Å². The first-order valence-corrected chi connectivity index (χ1v) is 5.13. The van der Waals surface area contributed by atoms with Crippen molar-refractivity contribution in [2.24, 2.45) is 5.73 Å². The van der Waals surface area contributed by atoms with Gasteiger partial charge in [-0.2, -0.15) is 0 Å². The number of aliphatic hydroxyl groups excluding tert-OH is 1. The monoisotopic (exact) mass is 215 g/mol. The van der Waals surface area contributed by atoms with Crippen LogP contribution in [0.4, 0.5) is 0 Å². The fourth-order valence-electron chi connectivity index (χ4n) is 0.967. The molecule has 0 fully saturated rings. The first-order valence-electron chi connectivity index (χ1n) is 5.13. The third kappa shape index (κ3) is 9.43. The molecule has 0 bridgehead atoms. The molecule has 0 aromatic heterocycles. The normalized spacial score (nSPS) is 14.2. The van der Waals surface area contributed by atoms with E-state index in [1.165, 1.54) is 6.08 Å². The highest BCUT2D eigenvalue weighted by molar-refractivity contribution is 5.82. The average molecular weight is 215 g/mol. The molecule has 0 rings (SSSR count). The molecule has 0 aliphatic carbocycles. The molecule has 0 aromatic carbocycles. The molecule has 4 heteroatoms. The van der Waals surface area contributed by atoms with E-state index >= 15 is 0 Å². The number of ether oxygens (including phenoxy) is 1. The lowest BCUT2D eigenvalue weighted by Crippen LogP contribution is -2.22. The van der Waals surface area contributed by atoms with Gasteiger partial charge < -0.3 is 15.6 Å². The largest absolute Gasteiger partial charge is 0.457 e. The van der Waals surface area contributed by atoms with E-state index in [0.29, 0.717) is 19.4 Å². The van der Waals surface area contributed by atoms with Gasteiger partial charge in [0.15, 0.2) is 0 Å². The van der Waals surface area contributed by atoms with Crippen molar-refractivity contribution in [1.82, 2.24) is 0 Å². The van der Waals surface area contributed by atoms with Crippen LogP contribution in [0.3, 0.4) is 0 Å². The summed E-state index contributed by atoms with van der Waals surface area (Å²) in [6, 6.07) is 0. The number of hydrogen-bond donors (Lipinski definition) is 2. The fraction of sp³-hybridized carbons (Fsp3) is 0.727. The molecule has 4 nitrogen and oxygen atoms in total. The summed E-state index contributed by atoms with van der Waals surface area (Å²) in [5.41, 5.74) is 4.79. The third-order valence-corrected chi connectivity index (χ3v) is 1.57. The second kappa shape index (κ2) is 6.58. The van der Waals surface area contributed by atoms with E-state index in [0.717, 1.165) is 0 Å². The Labute approximate surface area is 91.1 Å². The number of carbonyl (C=O) groups is 1. The summed E-state index contributed by atoms with van der Waals surface area (Å²) < 4.78 is 5.05. The van der Waals surface area contributed by atoms with Gasteiger partial charge in [-0.05, 0) is 40.2 Å². The predicted octanol–water partition coefficient (Wildman–Crippen LogP) is 0.984. The minimum absolute atomic E-state index is 0.387. The van der Waals surface area contributed by atoms with Crippen molar-refractivity contribution in [3.8, 4) is 0 Å². The molecule has 0 saturated carbocycles. The Morgan fingerprint density at radius 3 is 2.60 bits per heavy atom. The fourth-order valence-corrected chi connectivity index (χ4v) is 0.967. The second-order valence-corrected chi connectivity index (χ2v) is 4.40. The van der Waals surface area contributed by atoms with E-state index in [1.54, 1.807) is 6.08 Å². The lowest BCUT2D eigenvalue weighted by atomic mass is 10.2. The maximum Gasteiger partial charge on any atom is 0.330 e. The van der Waals surface area contributed by atoms with Crippen LogP contribution in [0, 0.1) is 0 Å². The number of esters is 1. The molecule has 15 heavy (non-hydrogen) atoms. The van der Waals surface area contributed by atoms with Gasteiger partial charge in [-0.3, -0.25) is 0 Å². The Kier molecular flexibility index (Phi) is 6.20. The lowest BCUT2D eigenvalue weighted by molar-refractivity contribution is -0.148. The van der Waals surface area contributed by atoms with Crippen LogP contribution in [0.1, 0.15) is 33.6 Å². The zero-order valence-electron chi connectivity index (χ0n) is 9.69. The highest BCUT2D eigenvalue weighted by Gasteiger charge is 2.13. The van der Waals surface area contributed by atoms with Crippen molar-refractivity contribution >= 4 is 5.97 Å². The molecule has 0 aliphatic heterocycles. The molecule has 0 saturated heterocycles. The van der Waals surface area contributed by atoms with Crippen molar-refractivity contribution in [1.29, 1.82) is 0 Å². The first kappa shape index (κ1) is 14.1. The number of carbonyl (C=O) groups excluding carboxylic acids is 1. The predicted molar refractivity (Wildman–Crippen MR) is 59.3 cm³/mol. The van der Waals surface area contributed by atoms with Crippen LogP contribution in [-0.2, 0) is 9.53 Å². The van der Waals surface area contributed by atoms with E-state index in [9.17, 15) is 9.90 Å². The number of hydrogen-bond acceptors (Lipinski definition) is 4. The van der Waals surface area contributed by atoms with Crippen LogP contribution < -0.4 is 5.73 Å². The molecule has 0 unspecified atom stereocenters. The maximum absolute atomic E-state index is 11.2. The number of nitrogens with two attached hydrogens (primary N) is 1. The number of rotatable bonds is 5. The van der Waals surface area contributed by atoms with Gasteiger partial charge in [0, 0.05) is 6.08 Å². The first-order chi connectivity index (χ1) is 6.85. The van der Waals surface area contributed by atoms with Crippen LogP contribution in [-0.4, -0.2) is 29.3 Å². The summed E-state index contributed by atoms with van der Waals surface area (Å²) in [5, 5.41) is 9.31. The summed E-state index contributed by atoms with van der Waals surface area (Å²) in [6.07, 6.45) is 3.43. The van der Waals surface area contributed by atoms with Gasteiger partial charge in [-0.25, -0.2) is 4.79 Å². The van der Waals surface area contributed by atoms with Crippen LogP contribution in [0.15, 0.2) is 12.2 Å². The molecular weight excluding hydrogens is 194 g/mol. The van der Waals surface area contributed by atoms with Gasteiger partial charge in [-0.15, -0.1) is 0 Å². The van der Waals surface area contributed by atoms with Crippen molar-refractivity contribution in [2.45, 2.75) is 45.3 Å². The van der Waals surface area contributed by atoms with Crippen LogP contribution in [0.2, 0.25) is 0 Å². The van der Waals surface area contributed by atoms with Crippen molar-refractivity contribution in [3.05, 3.63) is 12.2 Å². The van der Waals surface area contributed by atoms with Gasteiger partial charge in [0.1, 0.15) is 5.60 Å². The molecule has 0 aliphatic rings. The van der Waals surface area contributed by atoms with E-state index in [4.69, 9.17) is 10.5 Å². The average Bonchev–Trinajstić information content (AvgIpc) is 2.00. The molecule has 0 spiro atoms. The molecule has 0 aromatic rings. The van der Waals surface area contributed by atoms with Crippen LogP contribution in [0.25, 0.3) is 0 Å². The van der Waals surface area contributed by atoms with Gasteiger partial charge in [0.25, 0.3) is 0 Å². The summed E-state index contributed by atoms with van der Waals surface area (Å²) >= 11 is 0. The van der Waals surface area contributed by atoms with Crippen LogP contribution >= 0.6 is 0 Å². The Balaban J connectivity index is 3.82. The Morgan fingerprint density at radius 1 is 1.53 bits per heavy atom. The molecule has 0 radical (unpaired) electrons. The highest BCUT2D eigenvalue weighted by atomic mass is 16.6. The maximum atomic E-state index is 11.2. The lowest BCUT2D eigenvalue weighted by Gasteiger charge is -2.17. The van der Waals surface area contributed by atoms with Gasteiger partial charge in [0.2, 0.25) is 0 Å². The zero-order valence-corrected chi connectivity index (χ0v) is 9.69. The Morgan fingerprint density at radius 2 is 2.13 bits per heavy atom. The Hall–Kier alpha value is -0.870. The summed E-state index contributed by atoms with van der Waals surface area (Å²) in [4.78, 5) is 11.2. The third-order valence-electron chi connectivity index (χ3n) is 1.57. The molecule has 1 atom stereocenters. The minimum Gasteiger partial charge on any atom is -0.457 e. The second-order valence-electron chi connectivity index (χ2n) is 4.40. The van der Waals surface area contributed by atoms with Gasteiger partial charge in [-0.1, -0.05) is 6.08 Å². The number of aliphatic hydroxyl groups is 1. The van der Waals surface area contributed by atoms with E-state index in [2.05, 4.69) is 0 Å². The van der Waals surface area contributed by atoms with Crippen molar-refractivity contribution in [3.63, 3.8) is 0 Å². The smallest absolute Gasteiger partial charge is 0.330 e. The van der Waals surface area contributed by atoms with Crippen molar-refractivity contribution < 1.29 is 14.6 Å². The standard InChI is InChI=1S/C11H21NO3/c1-11(2,3)15-10(14)6-4-5-9(13)7-8-12/h4,6,9,13H,5,7-8,12H2,1-3H3/b6-4+/t9-/m0/s1. The van der Waals surface area contributed by atoms with Gasteiger partial charge in [0.05, 0.1) is 6.10 Å². The molecule has 0 amide bonds. The quantitative estimate of drug-likeness (QED) is 0.530.